The minimum absolute atomic E-state index is 0.211. The lowest BCUT2D eigenvalue weighted by molar-refractivity contribution is -0.0646. The number of fused-ring (bicyclic) bond motifs is 5. The summed E-state index contributed by atoms with van der Waals surface area (Å²) in [6, 6.07) is 5.47. The number of benzene rings is 1. The van der Waals surface area contributed by atoms with Crippen LogP contribution in [-0.2, 0) is 16.7 Å². The highest BCUT2D eigenvalue weighted by Gasteiger charge is 2.61. The van der Waals surface area contributed by atoms with Gasteiger partial charge in [0.1, 0.15) is 11.4 Å². The molecule has 1 aromatic carbocycles. The van der Waals surface area contributed by atoms with Crippen LogP contribution in [0, 0.1) is 29.6 Å². The third-order valence-corrected chi connectivity index (χ3v) is 7.73. The van der Waals surface area contributed by atoms with Crippen LogP contribution in [0.3, 0.4) is 0 Å². The molecule has 6 heteroatoms. The Labute approximate surface area is 155 Å². The van der Waals surface area contributed by atoms with E-state index in [2.05, 4.69) is 12.8 Å². The van der Waals surface area contributed by atoms with Crippen molar-refractivity contribution in [3.05, 3.63) is 29.3 Å². The van der Waals surface area contributed by atoms with Gasteiger partial charge in [-0.3, -0.25) is 0 Å². The van der Waals surface area contributed by atoms with Crippen molar-refractivity contribution in [1.29, 1.82) is 0 Å². The number of hydrogen-bond donors (Lipinski definition) is 2. The summed E-state index contributed by atoms with van der Waals surface area (Å²) in [5, 5.41) is 15.9. The van der Waals surface area contributed by atoms with Crippen LogP contribution in [-0.4, -0.2) is 19.1 Å². The molecule has 1 aromatic rings. The first-order chi connectivity index (χ1) is 12.2. The van der Waals surface area contributed by atoms with Crippen molar-refractivity contribution in [3.8, 4) is 18.1 Å². The third-order valence-electron chi connectivity index (χ3n) is 7.30. The van der Waals surface area contributed by atoms with Crippen LogP contribution in [0.5, 0.6) is 5.75 Å². The highest BCUT2D eigenvalue weighted by molar-refractivity contribution is 7.84. The molecule has 0 saturated heterocycles. The molecule has 5 atom stereocenters. The van der Waals surface area contributed by atoms with Gasteiger partial charge in [-0.15, -0.1) is 6.42 Å². The van der Waals surface area contributed by atoms with Crippen LogP contribution in [0.1, 0.15) is 56.1 Å². The summed E-state index contributed by atoms with van der Waals surface area (Å²) < 4.78 is 27.2. The van der Waals surface area contributed by atoms with Gasteiger partial charge in [-0.1, -0.05) is 18.9 Å². The maximum absolute atomic E-state index is 11.2. The maximum atomic E-state index is 11.2. The molecule has 3 aliphatic rings. The van der Waals surface area contributed by atoms with Crippen LogP contribution >= 0.6 is 0 Å². The summed E-state index contributed by atoms with van der Waals surface area (Å²) in [6.07, 6.45) is 11.2. The van der Waals surface area contributed by atoms with Crippen LogP contribution in [0.2, 0.25) is 0 Å². The molecule has 3 aliphatic carbocycles. The number of aliphatic hydroxyl groups is 1. The molecule has 3 N–H and O–H groups in total. The molecule has 0 heterocycles. The zero-order valence-electron chi connectivity index (χ0n) is 14.9. The maximum Gasteiger partial charge on any atom is 0.380 e. The van der Waals surface area contributed by atoms with Gasteiger partial charge in [0, 0.05) is 5.41 Å². The van der Waals surface area contributed by atoms with Crippen molar-refractivity contribution in [2.24, 2.45) is 22.4 Å². The van der Waals surface area contributed by atoms with E-state index in [1.165, 1.54) is 5.56 Å². The molecule has 140 valence electrons. The first-order valence-corrected chi connectivity index (χ1v) is 10.7. The summed E-state index contributed by atoms with van der Waals surface area (Å²) in [4.78, 5) is 0. The van der Waals surface area contributed by atoms with E-state index in [4.69, 9.17) is 15.7 Å². The monoisotopic (exact) mass is 375 g/mol. The smallest absolute Gasteiger partial charge is 0.377 e. The van der Waals surface area contributed by atoms with E-state index in [0.717, 1.165) is 37.7 Å². The molecule has 5 nitrogen and oxygen atoms in total. The Morgan fingerprint density at radius 3 is 2.77 bits per heavy atom. The second kappa shape index (κ2) is 5.72. The Balaban J connectivity index is 1.65. The van der Waals surface area contributed by atoms with Crippen molar-refractivity contribution >= 4 is 10.3 Å². The van der Waals surface area contributed by atoms with E-state index >= 15 is 0 Å². The number of rotatable bonds is 2. The first-order valence-electron chi connectivity index (χ1n) is 9.22. The number of hydrogen-bond acceptors (Lipinski definition) is 4. The van der Waals surface area contributed by atoms with Crippen molar-refractivity contribution in [2.75, 3.05) is 0 Å². The topological polar surface area (TPSA) is 89.6 Å². The Morgan fingerprint density at radius 2 is 2.08 bits per heavy atom. The average Bonchev–Trinajstić information content (AvgIpc) is 2.85. The van der Waals surface area contributed by atoms with Gasteiger partial charge in [0.2, 0.25) is 0 Å². The van der Waals surface area contributed by atoms with E-state index < -0.39 is 15.9 Å². The molecule has 4 rings (SSSR count). The van der Waals surface area contributed by atoms with E-state index in [9.17, 15) is 13.5 Å². The summed E-state index contributed by atoms with van der Waals surface area (Å²) in [6.45, 7) is 2.17. The Kier molecular flexibility index (Phi) is 3.93. The fourth-order valence-corrected chi connectivity index (χ4v) is 6.37. The molecule has 0 bridgehead atoms. The summed E-state index contributed by atoms with van der Waals surface area (Å²) in [5.41, 5.74) is 1.22. The summed E-state index contributed by atoms with van der Waals surface area (Å²) >= 11 is 0. The van der Waals surface area contributed by atoms with Crippen LogP contribution < -0.4 is 9.32 Å². The molecule has 0 aliphatic heterocycles. The normalized spacial score (nSPS) is 38.6. The molecule has 0 aromatic heterocycles. The van der Waals surface area contributed by atoms with Gasteiger partial charge in [-0.05, 0) is 79.5 Å². The SMILES string of the molecule is C#C[C@@]1(O)CC[C@H]2[C@@H]3CCc4cc(OS(N)(=O)=O)ccc4[C@H]3CC[C@@]21C. The fourth-order valence-electron chi connectivity index (χ4n) is 6.00. The molecular formula is C20H25NO4S. The molecule has 0 spiro atoms. The van der Waals surface area contributed by atoms with E-state index in [1.54, 1.807) is 12.1 Å². The molecule has 2 fully saturated rings. The highest BCUT2D eigenvalue weighted by atomic mass is 32.2. The van der Waals surface area contributed by atoms with Gasteiger partial charge < -0.3 is 9.29 Å². The van der Waals surface area contributed by atoms with Crippen LogP contribution in [0.25, 0.3) is 0 Å². The van der Waals surface area contributed by atoms with Crippen LogP contribution in [0.4, 0.5) is 0 Å². The van der Waals surface area contributed by atoms with E-state index in [1.807, 2.05) is 6.07 Å². The zero-order chi connectivity index (χ0) is 18.7. The lowest BCUT2D eigenvalue weighted by Gasteiger charge is -2.52. The molecule has 2 saturated carbocycles. The quantitative estimate of drug-likeness (QED) is 0.777. The van der Waals surface area contributed by atoms with Gasteiger partial charge >= 0.3 is 10.3 Å². The average molecular weight is 375 g/mol. The lowest BCUT2D eigenvalue weighted by Crippen LogP contribution is -2.50. The van der Waals surface area contributed by atoms with Gasteiger partial charge in [-0.25, -0.2) is 0 Å². The predicted molar refractivity (Wildman–Crippen MR) is 98.6 cm³/mol. The minimum atomic E-state index is -4.01. The predicted octanol–water partition coefficient (Wildman–Crippen LogP) is 2.49. The van der Waals surface area contributed by atoms with Gasteiger partial charge in [0.15, 0.2) is 0 Å². The van der Waals surface area contributed by atoms with Crippen molar-refractivity contribution in [3.63, 3.8) is 0 Å². The molecular weight excluding hydrogens is 350 g/mol. The van der Waals surface area contributed by atoms with E-state index in [0.29, 0.717) is 24.2 Å². The van der Waals surface area contributed by atoms with Gasteiger partial charge in [0.05, 0.1) is 0 Å². The fraction of sp³-hybridized carbons (Fsp3) is 0.600. The molecule has 26 heavy (non-hydrogen) atoms. The van der Waals surface area contributed by atoms with E-state index in [-0.39, 0.29) is 11.2 Å². The lowest BCUT2D eigenvalue weighted by atomic mass is 9.53. The molecule has 0 unspecified atom stereocenters. The Hall–Kier alpha value is -1.55. The molecule has 0 radical (unpaired) electrons. The standard InChI is InChI=1S/C20H25NO4S/c1-3-20(22)11-9-18-17-6-4-13-12-14(25-26(21,23)24)5-7-15(13)16(17)8-10-19(18,20)2/h1,5,7,12,16-18,22H,4,6,8-11H2,2H3,(H2,21,23,24)/t16-,17-,18+,19+,20-/m1/s1. The number of nitrogens with two attached hydrogens (primary N) is 1. The molecule has 0 amide bonds. The summed E-state index contributed by atoms with van der Waals surface area (Å²) in [5.74, 6) is 4.33. The largest absolute Gasteiger partial charge is 0.380 e. The van der Waals surface area contributed by atoms with Crippen molar-refractivity contribution < 1.29 is 17.7 Å². The second-order valence-corrected chi connectivity index (χ2v) is 9.50. The van der Waals surface area contributed by atoms with Crippen LogP contribution in [0.15, 0.2) is 18.2 Å². The van der Waals surface area contributed by atoms with Crippen molar-refractivity contribution in [2.45, 2.75) is 57.0 Å². The zero-order valence-corrected chi connectivity index (χ0v) is 15.8. The first kappa shape index (κ1) is 17.8. The Morgan fingerprint density at radius 1 is 1.31 bits per heavy atom. The highest BCUT2D eigenvalue weighted by Crippen LogP contribution is 2.64. The summed E-state index contributed by atoms with van der Waals surface area (Å²) in [7, 11) is -4.01. The van der Waals surface area contributed by atoms with Gasteiger partial charge in [0.25, 0.3) is 0 Å². The van der Waals surface area contributed by atoms with Crippen molar-refractivity contribution in [1.82, 2.24) is 0 Å². The van der Waals surface area contributed by atoms with Gasteiger partial charge in [-0.2, -0.15) is 13.6 Å². The minimum Gasteiger partial charge on any atom is -0.377 e. The second-order valence-electron chi connectivity index (χ2n) is 8.35. The number of aryl methyl sites for hydroxylation is 1. The Bertz CT molecular complexity index is 890. The third kappa shape index (κ3) is 2.57. The number of terminal acetylenes is 1.